The first-order chi connectivity index (χ1) is 6.00. The highest BCUT2D eigenvalue weighted by Gasteiger charge is 2.15. The monoisotopic (exact) mass is 206 g/mol. The van der Waals surface area contributed by atoms with E-state index in [0.717, 1.165) is 19.6 Å². The van der Waals surface area contributed by atoms with Crippen molar-refractivity contribution in [3.05, 3.63) is 0 Å². The molecule has 1 fully saturated rings. The van der Waals surface area contributed by atoms with Crippen LogP contribution in [0.3, 0.4) is 0 Å². The van der Waals surface area contributed by atoms with Gasteiger partial charge in [0, 0.05) is 20.1 Å². The molecule has 0 radical (unpaired) electrons. The lowest BCUT2D eigenvalue weighted by Gasteiger charge is -2.19. The molecule has 0 N–H and O–H groups in total. The Morgan fingerprint density at radius 2 is 1.85 bits per heavy atom. The van der Waals surface area contributed by atoms with E-state index in [1.165, 1.54) is 23.4 Å². The highest BCUT2D eigenvalue weighted by atomic mass is 32.2. The number of nitrogens with zero attached hydrogens (tertiary/aromatic N) is 2. The van der Waals surface area contributed by atoms with Gasteiger partial charge in [0.2, 0.25) is 10.0 Å². The summed E-state index contributed by atoms with van der Waals surface area (Å²) in [6.45, 7) is 3.72. The van der Waals surface area contributed by atoms with Gasteiger partial charge in [-0.05, 0) is 25.9 Å². The molecule has 78 valence electrons. The average Bonchev–Trinajstić information content (AvgIpc) is 2.50. The van der Waals surface area contributed by atoms with Gasteiger partial charge in [-0.25, -0.2) is 12.7 Å². The van der Waals surface area contributed by atoms with Crippen LogP contribution in [-0.2, 0) is 10.0 Å². The third kappa shape index (κ3) is 3.62. The lowest BCUT2D eigenvalue weighted by molar-refractivity contribution is 0.310. The standard InChI is InChI=1S/C8H18N2O2S/c1-9(13(2,11)12)7-8-10-5-3-4-6-10/h3-8H2,1-2H3. The summed E-state index contributed by atoms with van der Waals surface area (Å²) < 4.78 is 23.5. The smallest absolute Gasteiger partial charge is 0.210 e. The first kappa shape index (κ1) is 10.9. The molecule has 0 aromatic heterocycles. The summed E-state index contributed by atoms with van der Waals surface area (Å²) in [6, 6.07) is 0. The van der Waals surface area contributed by atoms with Crippen molar-refractivity contribution in [3.63, 3.8) is 0 Å². The van der Waals surface area contributed by atoms with Gasteiger partial charge in [-0.15, -0.1) is 0 Å². The zero-order valence-corrected chi connectivity index (χ0v) is 9.18. The van der Waals surface area contributed by atoms with Crippen molar-refractivity contribution in [1.82, 2.24) is 9.21 Å². The van der Waals surface area contributed by atoms with Crippen LogP contribution in [0.25, 0.3) is 0 Å². The van der Waals surface area contributed by atoms with Crippen LogP contribution in [0.4, 0.5) is 0 Å². The van der Waals surface area contributed by atoms with E-state index in [2.05, 4.69) is 4.90 Å². The van der Waals surface area contributed by atoms with Crippen molar-refractivity contribution in [2.24, 2.45) is 0 Å². The molecular formula is C8H18N2O2S. The summed E-state index contributed by atoms with van der Waals surface area (Å²) in [5.41, 5.74) is 0. The van der Waals surface area contributed by atoms with Gasteiger partial charge in [0.15, 0.2) is 0 Å². The Morgan fingerprint density at radius 3 is 2.31 bits per heavy atom. The molecule has 5 heteroatoms. The third-order valence-corrected chi connectivity index (χ3v) is 3.81. The predicted molar refractivity (Wildman–Crippen MR) is 53.1 cm³/mol. The van der Waals surface area contributed by atoms with E-state index in [0.29, 0.717) is 6.54 Å². The fourth-order valence-electron chi connectivity index (χ4n) is 1.45. The topological polar surface area (TPSA) is 40.6 Å². The predicted octanol–water partition coefficient (Wildman–Crippen LogP) is -0.0264. The molecule has 0 saturated carbocycles. The Hall–Kier alpha value is -0.130. The molecule has 0 aromatic rings. The summed E-state index contributed by atoms with van der Waals surface area (Å²) in [5.74, 6) is 0. The van der Waals surface area contributed by atoms with Crippen molar-refractivity contribution in [3.8, 4) is 0 Å². The second-order valence-corrected chi connectivity index (χ2v) is 5.72. The number of likely N-dealkylation sites (tertiary alicyclic amines) is 1. The normalized spacial score (nSPS) is 19.9. The highest BCUT2D eigenvalue weighted by Crippen LogP contribution is 2.06. The molecule has 0 aromatic carbocycles. The molecule has 0 spiro atoms. The molecule has 1 saturated heterocycles. The first-order valence-electron chi connectivity index (χ1n) is 4.64. The first-order valence-corrected chi connectivity index (χ1v) is 6.48. The molecule has 0 amide bonds. The van der Waals surface area contributed by atoms with Crippen molar-refractivity contribution in [1.29, 1.82) is 0 Å². The Kier molecular flexibility index (Phi) is 3.70. The van der Waals surface area contributed by atoms with Crippen LogP contribution >= 0.6 is 0 Å². The van der Waals surface area contributed by atoms with Gasteiger partial charge < -0.3 is 4.90 Å². The molecule has 13 heavy (non-hydrogen) atoms. The van der Waals surface area contributed by atoms with Crippen LogP contribution in [0.15, 0.2) is 0 Å². The highest BCUT2D eigenvalue weighted by molar-refractivity contribution is 7.88. The Morgan fingerprint density at radius 1 is 1.31 bits per heavy atom. The van der Waals surface area contributed by atoms with Gasteiger partial charge in [0.25, 0.3) is 0 Å². The molecule has 1 aliphatic heterocycles. The van der Waals surface area contributed by atoms with Crippen molar-refractivity contribution < 1.29 is 8.42 Å². The summed E-state index contributed by atoms with van der Waals surface area (Å²) in [4.78, 5) is 2.31. The van der Waals surface area contributed by atoms with E-state index in [4.69, 9.17) is 0 Å². The molecule has 0 atom stereocenters. The Balaban J connectivity index is 2.25. The number of hydrogen-bond donors (Lipinski definition) is 0. The summed E-state index contributed by atoms with van der Waals surface area (Å²) in [7, 11) is -1.36. The minimum absolute atomic E-state index is 0.610. The van der Waals surface area contributed by atoms with Crippen LogP contribution in [0.5, 0.6) is 0 Å². The number of sulfonamides is 1. The molecule has 0 unspecified atom stereocenters. The van der Waals surface area contributed by atoms with E-state index < -0.39 is 10.0 Å². The number of hydrogen-bond acceptors (Lipinski definition) is 3. The van der Waals surface area contributed by atoms with E-state index >= 15 is 0 Å². The molecular weight excluding hydrogens is 188 g/mol. The molecule has 1 heterocycles. The molecule has 0 aliphatic carbocycles. The van der Waals surface area contributed by atoms with Gasteiger partial charge in [0.05, 0.1) is 6.26 Å². The number of likely N-dealkylation sites (N-methyl/N-ethyl adjacent to an activating group) is 1. The van der Waals surface area contributed by atoms with Crippen molar-refractivity contribution in [2.75, 3.05) is 39.5 Å². The minimum Gasteiger partial charge on any atom is -0.302 e. The zero-order chi connectivity index (χ0) is 9.90. The van der Waals surface area contributed by atoms with Gasteiger partial charge in [-0.1, -0.05) is 0 Å². The lowest BCUT2D eigenvalue weighted by atomic mass is 10.4. The van der Waals surface area contributed by atoms with Crippen LogP contribution in [-0.4, -0.2) is 57.1 Å². The van der Waals surface area contributed by atoms with Crippen molar-refractivity contribution >= 4 is 10.0 Å². The van der Waals surface area contributed by atoms with E-state index in [1.807, 2.05) is 0 Å². The van der Waals surface area contributed by atoms with Crippen LogP contribution in [0.2, 0.25) is 0 Å². The van der Waals surface area contributed by atoms with Crippen LogP contribution in [0.1, 0.15) is 12.8 Å². The second kappa shape index (κ2) is 4.39. The van der Waals surface area contributed by atoms with E-state index in [9.17, 15) is 8.42 Å². The molecule has 1 aliphatic rings. The van der Waals surface area contributed by atoms with Crippen LogP contribution < -0.4 is 0 Å². The van der Waals surface area contributed by atoms with Crippen LogP contribution in [0, 0.1) is 0 Å². The van der Waals surface area contributed by atoms with Gasteiger partial charge in [-0.3, -0.25) is 0 Å². The summed E-state index contributed by atoms with van der Waals surface area (Å²) in [5, 5.41) is 0. The maximum atomic E-state index is 11.0. The molecule has 4 nitrogen and oxygen atoms in total. The fourth-order valence-corrected chi connectivity index (χ4v) is 1.87. The van der Waals surface area contributed by atoms with E-state index in [-0.39, 0.29) is 0 Å². The van der Waals surface area contributed by atoms with Gasteiger partial charge in [0.1, 0.15) is 0 Å². The summed E-state index contributed by atoms with van der Waals surface area (Å²) >= 11 is 0. The minimum atomic E-state index is -2.99. The summed E-state index contributed by atoms with van der Waals surface area (Å²) in [6.07, 6.45) is 3.75. The quantitative estimate of drug-likeness (QED) is 0.649. The van der Waals surface area contributed by atoms with Gasteiger partial charge in [-0.2, -0.15) is 0 Å². The average molecular weight is 206 g/mol. The zero-order valence-electron chi connectivity index (χ0n) is 8.36. The largest absolute Gasteiger partial charge is 0.302 e. The molecule has 0 bridgehead atoms. The van der Waals surface area contributed by atoms with E-state index in [1.54, 1.807) is 7.05 Å². The fraction of sp³-hybridized carbons (Fsp3) is 1.00. The lowest BCUT2D eigenvalue weighted by Crippen LogP contribution is -2.34. The third-order valence-electron chi connectivity index (χ3n) is 2.50. The van der Waals surface area contributed by atoms with Crippen molar-refractivity contribution in [2.45, 2.75) is 12.8 Å². The second-order valence-electron chi connectivity index (χ2n) is 3.63. The Labute approximate surface area is 80.6 Å². The Bertz CT molecular complexity index is 245. The molecule has 1 rings (SSSR count). The number of rotatable bonds is 4. The van der Waals surface area contributed by atoms with Gasteiger partial charge >= 0.3 is 0 Å². The SMILES string of the molecule is CN(CCN1CCCC1)S(C)(=O)=O. The maximum Gasteiger partial charge on any atom is 0.210 e. The maximum absolute atomic E-state index is 11.0.